The summed E-state index contributed by atoms with van der Waals surface area (Å²) in [6.07, 6.45) is 0. The SMILES string of the molecule is O=C(CN1CCN(C(=O)Nc2ccccc2)CC1)Nc1ccccc1SCc1ccccc1. The monoisotopic (exact) mass is 460 g/mol. The summed E-state index contributed by atoms with van der Waals surface area (Å²) in [7, 11) is 0. The first-order valence-corrected chi connectivity index (χ1v) is 12.0. The lowest BCUT2D eigenvalue weighted by Crippen LogP contribution is -2.51. The first-order chi connectivity index (χ1) is 16.2. The molecule has 1 fully saturated rings. The molecular weight excluding hydrogens is 432 g/mol. The van der Waals surface area contributed by atoms with Crippen LogP contribution in [0.3, 0.4) is 0 Å². The number of hydrogen-bond donors (Lipinski definition) is 2. The number of amides is 3. The molecule has 3 amide bonds. The Morgan fingerprint density at radius 3 is 2.12 bits per heavy atom. The van der Waals surface area contributed by atoms with Gasteiger partial charge in [0.05, 0.1) is 12.2 Å². The summed E-state index contributed by atoms with van der Waals surface area (Å²) in [5.41, 5.74) is 2.87. The third-order valence-corrected chi connectivity index (χ3v) is 6.59. The van der Waals surface area contributed by atoms with E-state index in [9.17, 15) is 9.59 Å². The second-order valence-corrected chi connectivity index (χ2v) is 8.90. The highest BCUT2D eigenvalue weighted by atomic mass is 32.2. The van der Waals surface area contributed by atoms with E-state index in [1.165, 1.54) is 5.56 Å². The zero-order chi connectivity index (χ0) is 22.9. The van der Waals surface area contributed by atoms with Gasteiger partial charge in [0, 0.05) is 42.5 Å². The Labute approximate surface area is 199 Å². The van der Waals surface area contributed by atoms with Crippen molar-refractivity contribution in [3.63, 3.8) is 0 Å². The summed E-state index contributed by atoms with van der Waals surface area (Å²) in [6.45, 7) is 2.83. The Bertz CT molecular complexity index is 1050. The molecular formula is C26H28N4O2S. The molecule has 2 N–H and O–H groups in total. The quantitative estimate of drug-likeness (QED) is 0.499. The molecule has 1 heterocycles. The molecule has 0 atom stereocenters. The summed E-state index contributed by atoms with van der Waals surface area (Å²) >= 11 is 1.71. The predicted octanol–water partition coefficient (Wildman–Crippen LogP) is 4.77. The lowest BCUT2D eigenvalue weighted by molar-refractivity contribution is -0.117. The number of para-hydroxylation sites is 2. The van der Waals surface area contributed by atoms with E-state index in [4.69, 9.17) is 0 Å². The number of carbonyl (C=O) groups is 2. The van der Waals surface area contributed by atoms with Crippen molar-refractivity contribution in [3.05, 3.63) is 90.5 Å². The van der Waals surface area contributed by atoms with Crippen LogP contribution in [0.4, 0.5) is 16.2 Å². The number of hydrogen-bond acceptors (Lipinski definition) is 4. The average molecular weight is 461 g/mol. The third kappa shape index (κ3) is 6.84. The third-order valence-electron chi connectivity index (χ3n) is 5.45. The van der Waals surface area contributed by atoms with Crippen molar-refractivity contribution in [3.8, 4) is 0 Å². The van der Waals surface area contributed by atoms with Gasteiger partial charge >= 0.3 is 6.03 Å². The van der Waals surface area contributed by atoms with Crippen molar-refractivity contribution in [2.75, 3.05) is 43.4 Å². The smallest absolute Gasteiger partial charge is 0.321 e. The van der Waals surface area contributed by atoms with Gasteiger partial charge in [-0.3, -0.25) is 9.69 Å². The van der Waals surface area contributed by atoms with Crippen LogP contribution in [-0.4, -0.2) is 54.5 Å². The Morgan fingerprint density at radius 2 is 1.39 bits per heavy atom. The number of anilines is 2. The minimum Gasteiger partial charge on any atom is -0.324 e. The Kier molecular flexibility index (Phi) is 8.00. The Balaban J connectivity index is 1.24. The van der Waals surface area contributed by atoms with E-state index in [1.807, 2.05) is 72.8 Å². The molecule has 0 aromatic heterocycles. The van der Waals surface area contributed by atoms with Gasteiger partial charge in [-0.15, -0.1) is 11.8 Å². The van der Waals surface area contributed by atoms with Crippen molar-refractivity contribution >= 4 is 35.1 Å². The zero-order valence-corrected chi connectivity index (χ0v) is 19.3. The van der Waals surface area contributed by atoms with E-state index in [2.05, 4.69) is 27.7 Å². The standard InChI is InChI=1S/C26H28N4O2S/c31-25(28-23-13-7-8-14-24(23)33-20-21-9-3-1-4-10-21)19-29-15-17-30(18-16-29)26(32)27-22-11-5-2-6-12-22/h1-14H,15-20H2,(H,27,32)(H,28,31). The van der Waals surface area contributed by atoms with E-state index in [1.54, 1.807) is 16.7 Å². The molecule has 6 nitrogen and oxygen atoms in total. The number of urea groups is 1. The first kappa shape index (κ1) is 22.9. The van der Waals surface area contributed by atoms with E-state index < -0.39 is 0 Å². The van der Waals surface area contributed by atoms with Crippen LogP contribution in [0.25, 0.3) is 0 Å². The minimum atomic E-state index is -0.102. The van der Waals surface area contributed by atoms with Gasteiger partial charge < -0.3 is 15.5 Å². The second-order valence-electron chi connectivity index (χ2n) is 7.88. The van der Waals surface area contributed by atoms with Crippen LogP contribution in [0.15, 0.2) is 89.8 Å². The summed E-state index contributed by atoms with van der Waals surface area (Å²) in [4.78, 5) is 30.1. The van der Waals surface area contributed by atoms with Gasteiger partial charge in [0.2, 0.25) is 5.91 Å². The maximum absolute atomic E-state index is 12.7. The molecule has 4 rings (SSSR count). The normalized spacial score (nSPS) is 14.0. The second kappa shape index (κ2) is 11.5. The van der Waals surface area contributed by atoms with Gasteiger partial charge in [-0.1, -0.05) is 60.7 Å². The van der Waals surface area contributed by atoms with Crippen molar-refractivity contribution < 1.29 is 9.59 Å². The van der Waals surface area contributed by atoms with Crippen LogP contribution in [0.2, 0.25) is 0 Å². The van der Waals surface area contributed by atoms with Crippen LogP contribution in [0, 0.1) is 0 Å². The van der Waals surface area contributed by atoms with Crippen LogP contribution >= 0.6 is 11.8 Å². The van der Waals surface area contributed by atoms with E-state index >= 15 is 0 Å². The van der Waals surface area contributed by atoms with Gasteiger partial charge in [-0.2, -0.15) is 0 Å². The van der Waals surface area contributed by atoms with Gasteiger partial charge in [-0.05, 0) is 29.8 Å². The molecule has 0 saturated carbocycles. The lowest BCUT2D eigenvalue weighted by atomic mass is 10.2. The fourth-order valence-corrected chi connectivity index (χ4v) is 4.62. The topological polar surface area (TPSA) is 64.7 Å². The highest BCUT2D eigenvalue weighted by molar-refractivity contribution is 7.98. The molecule has 1 aliphatic rings. The molecule has 0 unspecified atom stereocenters. The van der Waals surface area contributed by atoms with E-state index in [0.29, 0.717) is 32.7 Å². The molecule has 170 valence electrons. The molecule has 1 saturated heterocycles. The highest BCUT2D eigenvalue weighted by Gasteiger charge is 2.22. The average Bonchev–Trinajstić information content (AvgIpc) is 2.85. The number of nitrogens with zero attached hydrogens (tertiary/aromatic N) is 2. The molecule has 1 aliphatic heterocycles. The number of thioether (sulfide) groups is 1. The van der Waals surface area contributed by atoms with Gasteiger partial charge in [0.1, 0.15) is 0 Å². The maximum atomic E-state index is 12.7. The Hall–Kier alpha value is -3.29. The molecule has 3 aromatic carbocycles. The number of rotatable bonds is 7. The van der Waals surface area contributed by atoms with Gasteiger partial charge in [-0.25, -0.2) is 4.79 Å². The van der Waals surface area contributed by atoms with Crippen LogP contribution < -0.4 is 10.6 Å². The summed E-state index contributed by atoms with van der Waals surface area (Å²) in [5.74, 6) is 0.811. The molecule has 0 aliphatic carbocycles. The van der Waals surface area contributed by atoms with Gasteiger partial charge in [0.25, 0.3) is 0 Å². The predicted molar refractivity (Wildman–Crippen MR) is 135 cm³/mol. The van der Waals surface area contributed by atoms with Crippen LogP contribution in [-0.2, 0) is 10.5 Å². The van der Waals surface area contributed by atoms with Crippen LogP contribution in [0.1, 0.15) is 5.56 Å². The van der Waals surface area contributed by atoms with Crippen LogP contribution in [0.5, 0.6) is 0 Å². The minimum absolute atomic E-state index is 0.0371. The van der Waals surface area contributed by atoms with E-state index in [0.717, 1.165) is 22.0 Å². The fraction of sp³-hybridized carbons (Fsp3) is 0.231. The lowest BCUT2D eigenvalue weighted by Gasteiger charge is -2.34. The first-order valence-electron chi connectivity index (χ1n) is 11.1. The van der Waals surface area contributed by atoms with Crippen molar-refractivity contribution in [1.29, 1.82) is 0 Å². The van der Waals surface area contributed by atoms with Crippen molar-refractivity contribution in [2.24, 2.45) is 0 Å². The summed E-state index contributed by atoms with van der Waals surface area (Å²) in [6, 6.07) is 27.5. The number of benzene rings is 3. The summed E-state index contributed by atoms with van der Waals surface area (Å²) in [5, 5.41) is 5.98. The number of carbonyl (C=O) groups excluding carboxylic acids is 2. The maximum Gasteiger partial charge on any atom is 0.321 e. The molecule has 0 radical (unpaired) electrons. The molecule has 33 heavy (non-hydrogen) atoms. The fourth-order valence-electron chi connectivity index (χ4n) is 3.66. The molecule has 0 bridgehead atoms. The highest BCUT2D eigenvalue weighted by Crippen LogP contribution is 2.29. The van der Waals surface area contributed by atoms with Crippen molar-refractivity contribution in [1.82, 2.24) is 9.80 Å². The zero-order valence-electron chi connectivity index (χ0n) is 18.4. The largest absolute Gasteiger partial charge is 0.324 e. The number of piperazine rings is 1. The number of nitrogens with one attached hydrogen (secondary N) is 2. The molecule has 0 spiro atoms. The van der Waals surface area contributed by atoms with Crippen molar-refractivity contribution in [2.45, 2.75) is 10.6 Å². The molecule has 7 heteroatoms. The summed E-state index contributed by atoms with van der Waals surface area (Å²) < 4.78 is 0. The van der Waals surface area contributed by atoms with E-state index in [-0.39, 0.29) is 11.9 Å². The Morgan fingerprint density at radius 1 is 0.758 bits per heavy atom. The molecule has 3 aromatic rings. The van der Waals surface area contributed by atoms with Gasteiger partial charge in [0.15, 0.2) is 0 Å².